The summed E-state index contributed by atoms with van der Waals surface area (Å²) in [5.74, 6) is 1.76. The van der Waals surface area contributed by atoms with Gasteiger partial charge in [-0.15, -0.1) is 0 Å². The number of benzene rings is 1. The van der Waals surface area contributed by atoms with Gasteiger partial charge in [0, 0.05) is 38.3 Å². The first kappa shape index (κ1) is 14.2. The lowest BCUT2D eigenvalue weighted by molar-refractivity contribution is 0.184. The molecular weight excluding hydrogens is 242 g/mol. The van der Waals surface area contributed by atoms with E-state index in [4.69, 9.17) is 14.2 Å². The Morgan fingerprint density at radius 2 is 2.16 bits per heavy atom. The van der Waals surface area contributed by atoms with Gasteiger partial charge in [-0.2, -0.15) is 0 Å². The highest BCUT2D eigenvalue weighted by Gasteiger charge is 2.14. The van der Waals surface area contributed by atoms with Crippen molar-refractivity contribution in [1.82, 2.24) is 5.32 Å². The van der Waals surface area contributed by atoms with E-state index in [1.807, 2.05) is 12.1 Å². The Hall–Kier alpha value is -1.26. The van der Waals surface area contributed by atoms with Crippen molar-refractivity contribution in [2.24, 2.45) is 0 Å². The largest absolute Gasteiger partial charge is 0.490 e. The van der Waals surface area contributed by atoms with Crippen LogP contribution in [-0.4, -0.2) is 33.0 Å². The molecule has 1 atom stereocenters. The van der Waals surface area contributed by atoms with Gasteiger partial charge in [-0.25, -0.2) is 0 Å². The van der Waals surface area contributed by atoms with Gasteiger partial charge in [0.15, 0.2) is 11.5 Å². The van der Waals surface area contributed by atoms with Crippen LogP contribution >= 0.6 is 0 Å². The number of rotatable bonds is 6. The summed E-state index contributed by atoms with van der Waals surface area (Å²) in [6, 6.07) is 6.49. The quantitative estimate of drug-likeness (QED) is 0.857. The van der Waals surface area contributed by atoms with Crippen LogP contribution in [0.5, 0.6) is 11.5 Å². The van der Waals surface area contributed by atoms with Crippen LogP contribution < -0.4 is 14.8 Å². The summed E-state index contributed by atoms with van der Waals surface area (Å²) in [5, 5.41) is 3.49. The summed E-state index contributed by atoms with van der Waals surface area (Å²) < 4.78 is 16.6. The van der Waals surface area contributed by atoms with E-state index < -0.39 is 0 Å². The standard InChI is InChI=1S/C15H23NO3/c1-12(7-10-17-2)16-11-13-5-3-6-14-15(13)19-9-4-8-18-14/h3,5-6,12,16H,4,7-11H2,1-2H3. The van der Waals surface area contributed by atoms with E-state index in [-0.39, 0.29) is 0 Å². The lowest BCUT2D eigenvalue weighted by atomic mass is 10.1. The minimum atomic E-state index is 0.419. The zero-order chi connectivity index (χ0) is 13.5. The van der Waals surface area contributed by atoms with Crippen LogP contribution in [0.4, 0.5) is 0 Å². The fourth-order valence-electron chi connectivity index (χ4n) is 2.07. The van der Waals surface area contributed by atoms with Crippen molar-refractivity contribution >= 4 is 0 Å². The molecule has 1 N–H and O–H groups in total. The fourth-order valence-corrected chi connectivity index (χ4v) is 2.07. The van der Waals surface area contributed by atoms with E-state index in [9.17, 15) is 0 Å². The maximum atomic E-state index is 5.80. The predicted molar refractivity (Wildman–Crippen MR) is 74.8 cm³/mol. The van der Waals surface area contributed by atoms with Crippen LogP contribution in [0.25, 0.3) is 0 Å². The molecule has 1 aliphatic rings. The molecule has 0 fully saturated rings. The van der Waals surface area contributed by atoms with Gasteiger partial charge >= 0.3 is 0 Å². The molecule has 0 aromatic heterocycles. The van der Waals surface area contributed by atoms with Gasteiger partial charge in [-0.05, 0) is 19.4 Å². The Kier molecular flexibility index (Phi) is 5.48. The molecule has 19 heavy (non-hydrogen) atoms. The maximum Gasteiger partial charge on any atom is 0.165 e. The summed E-state index contributed by atoms with van der Waals surface area (Å²) >= 11 is 0. The molecule has 0 aliphatic carbocycles. The second-order valence-corrected chi connectivity index (χ2v) is 4.86. The number of fused-ring (bicyclic) bond motifs is 1. The topological polar surface area (TPSA) is 39.7 Å². The van der Waals surface area contributed by atoms with Crippen LogP contribution in [0.2, 0.25) is 0 Å². The predicted octanol–water partition coefficient (Wildman–Crippen LogP) is 2.36. The average Bonchev–Trinajstić information content (AvgIpc) is 2.68. The third-order valence-electron chi connectivity index (χ3n) is 3.25. The average molecular weight is 265 g/mol. The molecule has 0 saturated heterocycles. The molecule has 1 heterocycles. The van der Waals surface area contributed by atoms with Crippen molar-refractivity contribution in [1.29, 1.82) is 0 Å². The van der Waals surface area contributed by atoms with Gasteiger partial charge in [0.1, 0.15) is 0 Å². The van der Waals surface area contributed by atoms with E-state index in [0.29, 0.717) is 6.04 Å². The first-order chi connectivity index (χ1) is 9.31. The molecule has 0 spiro atoms. The SMILES string of the molecule is COCCC(C)NCc1cccc2c1OCCCO2. The molecule has 2 rings (SSSR count). The Bertz CT molecular complexity index is 395. The van der Waals surface area contributed by atoms with Gasteiger partial charge in [0.2, 0.25) is 0 Å². The summed E-state index contributed by atoms with van der Waals surface area (Å²) in [5.41, 5.74) is 1.16. The highest BCUT2D eigenvalue weighted by molar-refractivity contribution is 5.47. The Balaban J connectivity index is 1.96. The summed E-state index contributed by atoms with van der Waals surface area (Å²) in [4.78, 5) is 0. The third kappa shape index (κ3) is 4.11. The van der Waals surface area contributed by atoms with Crippen LogP contribution in [0.15, 0.2) is 18.2 Å². The molecule has 0 radical (unpaired) electrons. The summed E-state index contributed by atoms with van der Waals surface area (Å²) in [6.07, 6.45) is 1.94. The molecule has 0 saturated carbocycles. The van der Waals surface area contributed by atoms with Crippen LogP contribution in [0.3, 0.4) is 0 Å². The maximum absolute atomic E-state index is 5.80. The van der Waals surface area contributed by atoms with Crippen molar-refractivity contribution in [2.45, 2.75) is 32.4 Å². The van der Waals surface area contributed by atoms with Gasteiger partial charge in [-0.3, -0.25) is 0 Å². The van der Waals surface area contributed by atoms with Crippen molar-refractivity contribution in [3.8, 4) is 11.5 Å². The molecular formula is C15H23NO3. The molecule has 106 valence electrons. The monoisotopic (exact) mass is 265 g/mol. The molecule has 1 aromatic rings. The number of para-hydroxylation sites is 1. The van der Waals surface area contributed by atoms with Crippen molar-refractivity contribution in [3.05, 3.63) is 23.8 Å². The molecule has 0 bridgehead atoms. The van der Waals surface area contributed by atoms with Gasteiger partial charge in [0.25, 0.3) is 0 Å². The number of methoxy groups -OCH3 is 1. The van der Waals surface area contributed by atoms with Crippen LogP contribution in [-0.2, 0) is 11.3 Å². The number of hydrogen-bond acceptors (Lipinski definition) is 4. The van der Waals surface area contributed by atoms with E-state index in [1.54, 1.807) is 7.11 Å². The minimum absolute atomic E-state index is 0.419. The normalized spacial score (nSPS) is 15.9. The molecule has 4 heteroatoms. The Labute approximate surface area is 115 Å². The van der Waals surface area contributed by atoms with E-state index in [0.717, 1.165) is 56.3 Å². The summed E-state index contributed by atoms with van der Waals surface area (Å²) in [6.45, 7) is 5.19. The van der Waals surface area contributed by atoms with Crippen molar-refractivity contribution in [2.75, 3.05) is 26.9 Å². The van der Waals surface area contributed by atoms with E-state index in [1.165, 1.54) is 0 Å². The number of ether oxygens (including phenoxy) is 3. The lowest BCUT2D eigenvalue weighted by Crippen LogP contribution is -2.26. The zero-order valence-corrected chi connectivity index (χ0v) is 11.8. The molecule has 1 aromatic carbocycles. The lowest BCUT2D eigenvalue weighted by Gasteiger charge is -2.16. The Morgan fingerprint density at radius 1 is 1.32 bits per heavy atom. The van der Waals surface area contributed by atoms with Crippen LogP contribution in [0, 0.1) is 0 Å². The Morgan fingerprint density at radius 3 is 3.00 bits per heavy atom. The van der Waals surface area contributed by atoms with E-state index in [2.05, 4.69) is 18.3 Å². The van der Waals surface area contributed by atoms with Crippen molar-refractivity contribution in [3.63, 3.8) is 0 Å². The van der Waals surface area contributed by atoms with Gasteiger partial charge in [0.05, 0.1) is 13.2 Å². The van der Waals surface area contributed by atoms with Crippen LogP contribution in [0.1, 0.15) is 25.3 Å². The molecule has 4 nitrogen and oxygen atoms in total. The van der Waals surface area contributed by atoms with E-state index >= 15 is 0 Å². The smallest absolute Gasteiger partial charge is 0.165 e. The molecule has 0 amide bonds. The highest BCUT2D eigenvalue weighted by Crippen LogP contribution is 2.33. The first-order valence-corrected chi connectivity index (χ1v) is 6.91. The van der Waals surface area contributed by atoms with Gasteiger partial charge < -0.3 is 19.5 Å². The highest BCUT2D eigenvalue weighted by atomic mass is 16.5. The third-order valence-corrected chi connectivity index (χ3v) is 3.25. The molecule has 1 unspecified atom stereocenters. The fraction of sp³-hybridized carbons (Fsp3) is 0.600. The second kappa shape index (κ2) is 7.36. The number of nitrogens with one attached hydrogen (secondary N) is 1. The van der Waals surface area contributed by atoms with Crippen molar-refractivity contribution < 1.29 is 14.2 Å². The minimum Gasteiger partial charge on any atom is -0.490 e. The summed E-state index contributed by atoms with van der Waals surface area (Å²) in [7, 11) is 1.73. The number of hydrogen-bond donors (Lipinski definition) is 1. The van der Waals surface area contributed by atoms with Gasteiger partial charge in [-0.1, -0.05) is 12.1 Å². The second-order valence-electron chi connectivity index (χ2n) is 4.86. The molecule has 1 aliphatic heterocycles. The zero-order valence-electron chi connectivity index (χ0n) is 11.8. The first-order valence-electron chi connectivity index (χ1n) is 6.91.